The van der Waals surface area contributed by atoms with Crippen LogP contribution in [0.5, 0.6) is 0 Å². The standard InChI is InChI=1S/C16H23N3O/c1-11(2)12-3-5-15(6-4-12)18-16(20)19-9-13-7-17-8-14(13)10-19/h3-6,11,13-14,17H,7-10H2,1-2H3,(H,18,20). The predicted molar refractivity (Wildman–Crippen MR) is 81.0 cm³/mol. The molecule has 2 unspecified atom stereocenters. The fourth-order valence-electron chi connectivity index (χ4n) is 3.18. The van der Waals surface area contributed by atoms with Crippen molar-refractivity contribution < 1.29 is 4.79 Å². The maximum Gasteiger partial charge on any atom is 0.321 e. The van der Waals surface area contributed by atoms with Crippen LogP contribution in [0.3, 0.4) is 0 Å². The van der Waals surface area contributed by atoms with Crippen molar-refractivity contribution in [1.82, 2.24) is 10.2 Å². The van der Waals surface area contributed by atoms with Gasteiger partial charge in [0, 0.05) is 31.9 Å². The highest BCUT2D eigenvalue weighted by atomic mass is 16.2. The molecular formula is C16H23N3O. The predicted octanol–water partition coefficient (Wildman–Crippen LogP) is 2.49. The number of likely N-dealkylation sites (tertiary alicyclic amines) is 1. The van der Waals surface area contributed by atoms with E-state index in [2.05, 4.69) is 36.6 Å². The summed E-state index contributed by atoms with van der Waals surface area (Å²) < 4.78 is 0. The van der Waals surface area contributed by atoms with E-state index in [0.717, 1.165) is 31.9 Å². The molecule has 0 aromatic heterocycles. The molecule has 4 nitrogen and oxygen atoms in total. The van der Waals surface area contributed by atoms with E-state index in [1.807, 2.05) is 17.0 Å². The van der Waals surface area contributed by atoms with Gasteiger partial charge in [-0.25, -0.2) is 4.79 Å². The lowest BCUT2D eigenvalue weighted by Crippen LogP contribution is -2.35. The van der Waals surface area contributed by atoms with Crippen LogP contribution < -0.4 is 10.6 Å². The van der Waals surface area contributed by atoms with Crippen LogP contribution in [0.4, 0.5) is 10.5 Å². The molecule has 0 spiro atoms. The summed E-state index contributed by atoms with van der Waals surface area (Å²) in [6.07, 6.45) is 0. The fourth-order valence-corrected chi connectivity index (χ4v) is 3.18. The van der Waals surface area contributed by atoms with E-state index < -0.39 is 0 Å². The van der Waals surface area contributed by atoms with Crippen LogP contribution in [0.25, 0.3) is 0 Å². The Balaban J connectivity index is 1.59. The second kappa shape index (κ2) is 5.44. The number of nitrogens with one attached hydrogen (secondary N) is 2. The molecule has 2 aliphatic heterocycles. The Morgan fingerprint density at radius 3 is 2.35 bits per heavy atom. The van der Waals surface area contributed by atoms with Gasteiger partial charge in [0.1, 0.15) is 0 Å². The minimum atomic E-state index is 0.0386. The number of rotatable bonds is 2. The van der Waals surface area contributed by atoms with Crippen molar-refractivity contribution in [3.8, 4) is 0 Å². The van der Waals surface area contributed by atoms with Gasteiger partial charge in [-0.15, -0.1) is 0 Å². The third-order valence-electron chi connectivity index (χ3n) is 4.51. The Labute approximate surface area is 120 Å². The van der Waals surface area contributed by atoms with Crippen molar-refractivity contribution in [2.24, 2.45) is 11.8 Å². The number of fused-ring (bicyclic) bond motifs is 1. The van der Waals surface area contributed by atoms with Crippen LogP contribution in [0.15, 0.2) is 24.3 Å². The summed E-state index contributed by atoms with van der Waals surface area (Å²) in [5.74, 6) is 1.80. The number of nitrogens with zero attached hydrogens (tertiary/aromatic N) is 1. The highest BCUT2D eigenvalue weighted by molar-refractivity contribution is 5.89. The first-order valence-electron chi connectivity index (χ1n) is 7.50. The van der Waals surface area contributed by atoms with E-state index in [9.17, 15) is 4.79 Å². The molecule has 0 radical (unpaired) electrons. The highest BCUT2D eigenvalue weighted by Crippen LogP contribution is 2.26. The summed E-state index contributed by atoms with van der Waals surface area (Å²) in [7, 11) is 0. The number of benzene rings is 1. The second-order valence-corrected chi connectivity index (χ2v) is 6.29. The molecule has 2 heterocycles. The van der Waals surface area contributed by atoms with Gasteiger partial charge < -0.3 is 15.5 Å². The molecule has 0 bridgehead atoms. The molecular weight excluding hydrogens is 250 g/mol. The maximum atomic E-state index is 12.3. The fraction of sp³-hybridized carbons (Fsp3) is 0.562. The lowest BCUT2D eigenvalue weighted by atomic mass is 10.0. The van der Waals surface area contributed by atoms with Gasteiger partial charge in [0.2, 0.25) is 0 Å². The van der Waals surface area contributed by atoms with Crippen LogP contribution in [0.1, 0.15) is 25.3 Å². The smallest absolute Gasteiger partial charge is 0.321 e. The Morgan fingerprint density at radius 1 is 1.20 bits per heavy atom. The van der Waals surface area contributed by atoms with Crippen LogP contribution in [-0.4, -0.2) is 37.1 Å². The molecule has 4 heteroatoms. The minimum Gasteiger partial charge on any atom is -0.324 e. The van der Waals surface area contributed by atoms with Gasteiger partial charge in [-0.3, -0.25) is 0 Å². The summed E-state index contributed by atoms with van der Waals surface area (Å²) in [4.78, 5) is 14.2. The molecule has 2 saturated heterocycles. The number of carbonyl (C=O) groups excluding carboxylic acids is 1. The van der Waals surface area contributed by atoms with Gasteiger partial charge in [0.25, 0.3) is 0 Å². The van der Waals surface area contributed by atoms with Gasteiger partial charge in [-0.2, -0.15) is 0 Å². The van der Waals surface area contributed by atoms with E-state index in [1.165, 1.54) is 5.56 Å². The summed E-state index contributed by atoms with van der Waals surface area (Å²) in [5.41, 5.74) is 2.18. The molecule has 0 aliphatic carbocycles. The molecule has 2 amide bonds. The zero-order valence-corrected chi connectivity index (χ0v) is 12.2. The van der Waals surface area contributed by atoms with Gasteiger partial charge in [-0.1, -0.05) is 26.0 Å². The number of hydrogen-bond donors (Lipinski definition) is 2. The number of hydrogen-bond acceptors (Lipinski definition) is 2. The lowest BCUT2D eigenvalue weighted by molar-refractivity contribution is 0.219. The first-order chi connectivity index (χ1) is 9.63. The third-order valence-corrected chi connectivity index (χ3v) is 4.51. The molecule has 1 aromatic rings. The van der Waals surface area contributed by atoms with Gasteiger partial charge >= 0.3 is 6.03 Å². The van der Waals surface area contributed by atoms with Crippen LogP contribution in [-0.2, 0) is 0 Å². The number of anilines is 1. The van der Waals surface area contributed by atoms with Crippen molar-refractivity contribution in [2.45, 2.75) is 19.8 Å². The van der Waals surface area contributed by atoms with Crippen molar-refractivity contribution >= 4 is 11.7 Å². The molecule has 2 N–H and O–H groups in total. The number of amides is 2. The zero-order chi connectivity index (χ0) is 14.1. The van der Waals surface area contributed by atoms with E-state index in [4.69, 9.17) is 0 Å². The molecule has 2 fully saturated rings. The first kappa shape index (κ1) is 13.4. The molecule has 2 atom stereocenters. The molecule has 0 saturated carbocycles. The van der Waals surface area contributed by atoms with Crippen LogP contribution >= 0.6 is 0 Å². The van der Waals surface area contributed by atoms with Crippen LogP contribution in [0, 0.1) is 11.8 Å². The lowest BCUT2D eigenvalue weighted by Gasteiger charge is -2.18. The Hall–Kier alpha value is -1.55. The number of carbonyl (C=O) groups is 1. The normalized spacial score (nSPS) is 25.1. The Morgan fingerprint density at radius 2 is 1.80 bits per heavy atom. The zero-order valence-electron chi connectivity index (χ0n) is 12.2. The minimum absolute atomic E-state index is 0.0386. The van der Waals surface area contributed by atoms with Crippen molar-refractivity contribution in [3.05, 3.63) is 29.8 Å². The largest absolute Gasteiger partial charge is 0.324 e. The Kier molecular flexibility index (Phi) is 3.66. The van der Waals surface area contributed by atoms with E-state index >= 15 is 0 Å². The van der Waals surface area contributed by atoms with E-state index in [1.54, 1.807) is 0 Å². The molecule has 1 aromatic carbocycles. The highest BCUT2D eigenvalue weighted by Gasteiger charge is 2.37. The third kappa shape index (κ3) is 2.66. The molecule has 20 heavy (non-hydrogen) atoms. The second-order valence-electron chi connectivity index (χ2n) is 6.29. The first-order valence-corrected chi connectivity index (χ1v) is 7.50. The average molecular weight is 273 g/mol. The van der Waals surface area contributed by atoms with E-state index in [0.29, 0.717) is 17.8 Å². The van der Waals surface area contributed by atoms with Crippen LogP contribution in [0.2, 0.25) is 0 Å². The quantitative estimate of drug-likeness (QED) is 0.869. The van der Waals surface area contributed by atoms with Crippen molar-refractivity contribution in [1.29, 1.82) is 0 Å². The summed E-state index contributed by atoms with van der Waals surface area (Å²) in [6, 6.07) is 8.19. The summed E-state index contributed by atoms with van der Waals surface area (Å²) >= 11 is 0. The SMILES string of the molecule is CC(C)c1ccc(NC(=O)N2CC3CNCC3C2)cc1. The Bertz CT molecular complexity index is 471. The van der Waals surface area contributed by atoms with E-state index in [-0.39, 0.29) is 6.03 Å². The van der Waals surface area contributed by atoms with Gasteiger partial charge in [0.15, 0.2) is 0 Å². The van der Waals surface area contributed by atoms with Crippen molar-refractivity contribution in [2.75, 3.05) is 31.5 Å². The van der Waals surface area contributed by atoms with Crippen molar-refractivity contribution in [3.63, 3.8) is 0 Å². The number of urea groups is 1. The molecule has 2 aliphatic rings. The topological polar surface area (TPSA) is 44.4 Å². The molecule has 3 rings (SSSR count). The molecule has 108 valence electrons. The summed E-state index contributed by atoms with van der Waals surface area (Å²) in [6.45, 7) is 8.21. The maximum absolute atomic E-state index is 12.3. The van der Waals surface area contributed by atoms with Gasteiger partial charge in [-0.05, 0) is 35.4 Å². The average Bonchev–Trinajstić information content (AvgIpc) is 2.99. The monoisotopic (exact) mass is 273 g/mol. The van der Waals surface area contributed by atoms with Gasteiger partial charge in [0.05, 0.1) is 0 Å². The summed E-state index contributed by atoms with van der Waals surface area (Å²) in [5, 5.41) is 6.40.